The van der Waals surface area contributed by atoms with Crippen LogP contribution in [0.25, 0.3) is 6.08 Å². The second-order valence-corrected chi connectivity index (χ2v) is 3.70. The summed E-state index contributed by atoms with van der Waals surface area (Å²) in [6.07, 6.45) is 3.32. The number of nitrogens with one attached hydrogen (secondary N) is 1. The summed E-state index contributed by atoms with van der Waals surface area (Å²) < 4.78 is 1.01. The topological polar surface area (TPSA) is 29.1 Å². The molecule has 0 heterocycles. The van der Waals surface area contributed by atoms with E-state index in [1.807, 2.05) is 31.2 Å². The summed E-state index contributed by atoms with van der Waals surface area (Å²) in [5, 5.41) is 2.69. The number of amides is 1. The van der Waals surface area contributed by atoms with Gasteiger partial charge in [0, 0.05) is 17.1 Å². The van der Waals surface area contributed by atoms with Crippen molar-refractivity contribution >= 4 is 27.9 Å². The van der Waals surface area contributed by atoms with Crippen LogP contribution in [0, 0.1) is 0 Å². The van der Waals surface area contributed by atoms with Gasteiger partial charge in [-0.25, -0.2) is 0 Å². The Morgan fingerprint density at radius 3 is 3.00 bits per heavy atom. The van der Waals surface area contributed by atoms with Gasteiger partial charge in [0.05, 0.1) is 0 Å². The minimum Gasteiger partial charge on any atom is -0.353 e. The van der Waals surface area contributed by atoms with Crippen LogP contribution in [0.3, 0.4) is 0 Å². The van der Waals surface area contributed by atoms with Crippen LogP contribution in [0.4, 0.5) is 0 Å². The third-order valence-electron chi connectivity index (χ3n) is 1.63. The van der Waals surface area contributed by atoms with E-state index >= 15 is 0 Å². The van der Waals surface area contributed by atoms with Crippen LogP contribution in [-0.4, -0.2) is 12.5 Å². The van der Waals surface area contributed by atoms with Gasteiger partial charge in [0.15, 0.2) is 0 Å². The van der Waals surface area contributed by atoms with Crippen LogP contribution in [0.15, 0.2) is 34.8 Å². The maximum absolute atomic E-state index is 11.1. The lowest BCUT2D eigenvalue weighted by atomic mass is 10.2. The quantitative estimate of drug-likeness (QED) is 0.825. The van der Waals surface area contributed by atoms with Gasteiger partial charge >= 0.3 is 0 Å². The number of likely N-dealkylation sites (N-methyl/N-ethyl adjacent to an activating group) is 1. The fourth-order valence-corrected chi connectivity index (χ4v) is 1.43. The molecule has 1 aromatic carbocycles. The molecule has 1 amide bonds. The van der Waals surface area contributed by atoms with E-state index < -0.39 is 0 Å². The average Bonchev–Trinajstić information content (AvgIpc) is 2.15. The van der Waals surface area contributed by atoms with E-state index in [9.17, 15) is 4.79 Å². The molecule has 1 N–H and O–H groups in total. The van der Waals surface area contributed by atoms with Crippen molar-refractivity contribution in [1.82, 2.24) is 5.32 Å². The Labute approximate surface area is 92.1 Å². The number of carbonyl (C=O) groups excluding carboxylic acids is 1. The van der Waals surface area contributed by atoms with E-state index in [4.69, 9.17) is 0 Å². The first-order valence-electron chi connectivity index (χ1n) is 4.44. The molecule has 0 bridgehead atoms. The zero-order chi connectivity index (χ0) is 10.4. The molecule has 0 unspecified atom stereocenters. The lowest BCUT2D eigenvalue weighted by Gasteiger charge is -1.96. The molecule has 2 nitrogen and oxygen atoms in total. The van der Waals surface area contributed by atoms with Crippen LogP contribution < -0.4 is 5.32 Å². The van der Waals surface area contributed by atoms with E-state index in [2.05, 4.69) is 21.2 Å². The number of hydrogen-bond donors (Lipinski definition) is 1. The predicted octanol–water partition coefficient (Wildman–Crippen LogP) is 2.60. The van der Waals surface area contributed by atoms with E-state index in [0.29, 0.717) is 6.54 Å². The highest BCUT2D eigenvalue weighted by molar-refractivity contribution is 9.10. The van der Waals surface area contributed by atoms with Gasteiger partial charge in [-0.1, -0.05) is 28.1 Å². The standard InChI is InChI=1S/C11H12BrNO/c1-2-13-11(14)7-6-9-4-3-5-10(12)8-9/h3-8H,2H2,1H3,(H,13,14)/b7-6-. The van der Waals surface area contributed by atoms with Crippen molar-refractivity contribution in [2.24, 2.45) is 0 Å². The largest absolute Gasteiger partial charge is 0.353 e. The first-order valence-corrected chi connectivity index (χ1v) is 5.23. The van der Waals surface area contributed by atoms with Crippen molar-refractivity contribution in [2.45, 2.75) is 6.92 Å². The molecule has 0 atom stereocenters. The molecule has 1 rings (SSSR count). The lowest BCUT2D eigenvalue weighted by Crippen LogP contribution is -2.19. The van der Waals surface area contributed by atoms with Gasteiger partial charge in [-0.05, 0) is 30.7 Å². The minimum atomic E-state index is -0.0625. The number of benzene rings is 1. The van der Waals surface area contributed by atoms with Gasteiger partial charge in [-0.3, -0.25) is 4.79 Å². The summed E-state index contributed by atoms with van der Waals surface area (Å²) >= 11 is 3.37. The van der Waals surface area contributed by atoms with E-state index in [1.54, 1.807) is 6.08 Å². The monoisotopic (exact) mass is 253 g/mol. The van der Waals surface area contributed by atoms with Gasteiger partial charge in [-0.15, -0.1) is 0 Å². The van der Waals surface area contributed by atoms with Gasteiger partial charge < -0.3 is 5.32 Å². The highest BCUT2D eigenvalue weighted by Crippen LogP contribution is 2.12. The fourth-order valence-electron chi connectivity index (χ4n) is 1.02. The van der Waals surface area contributed by atoms with Crippen molar-refractivity contribution in [1.29, 1.82) is 0 Å². The Balaban J connectivity index is 2.64. The van der Waals surface area contributed by atoms with Gasteiger partial charge in [0.1, 0.15) is 0 Å². The molecule has 0 aliphatic rings. The molecule has 0 fully saturated rings. The van der Waals surface area contributed by atoms with Crippen molar-refractivity contribution in [3.63, 3.8) is 0 Å². The summed E-state index contributed by atoms with van der Waals surface area (Å²) in [6, 6.07) is 7.78. The zero-order valence-corrected chi connectivity index (χ0v) is 9.54. The summed E-state index contributed by atoms with van der Waals surface area (Å²) in [6.45, 7) is 2.55. The highest BCUT2D eigenvalue weighted by Gasteiger charge is 1.92. The zero-order valence-electron chi connectivity index (χ0n) is 7.96. The average molecular weight is 254 g/mol. The van der Waals surface area contributed by atoms with E-state index in [-0.39, 0.29) is 5.91 Å². The molecule has 0 aliphatic heterocycles. The molecule has 0 saturated carbocycles. The summed E-state index contributed by atoms with van der Waals surface area (Å²) in [7, 11) is 0. The Kier molecular flexibility index (Phi) is 4.40. The smallest absolute Gasteiger partial charge is 0.243 e. The molecule has 3 heteroatoms. The molecule has 0 aromatic heterocycles. The van der Waals surface area contributed by atoms with Crippen LogP contribution >= 0.6 is 15.9 Å². The maximum atomic E-state index is 11.1. The van der Waals surface area contributed by atoms with Crippen molar-refractivity contribution in [3.8, 4) is 0 Å². The molecule has 74 valence electrons. The van der Waals surface area contributed by atoms with Crippen molar-refractivity contribution < 1.29 is 4.79 Å². The van der Waals surface area contributed by atoms with Crippen LogP contribution in [0.2, 0.25) is 0 Å². The second-order valence-electron chi connectivity index (χ2n) is 2.78. The first kappa shape index (κ1) is 11.0. The summed E-state index contributed by atoms with van der Waals surface area (Å²) in [5.74, 6) is -0.0625. The maximum Gasteiger partial charge on any atom is 0.243 e. The van der Waals surface area contributed by atoms with Crippen molar-refractivity contribution in [2.75, 3.05) is 6.54 Å². The van der Waals surface area contributed by atoms with E-state index in [0.717, 1.165) is 10.0 Å². The molecule has 1 aromatic rings. The molecule has 0 radical (unpaired) electrons. The number of carbonyl (C=O) groups is 1. The molecular formula is C11H12BrNO. The Hall–Kier alpha value is -1.09. The minimum absolute atomic E-state index is 0.0625. The van der Waals surface area contributed by atoms with Crippen LogP contribution in [-0.2, 0) is 4.79 Å². The van der Waals surface area contributed by atoms with E-state index in [1.165, 1.54) is 6.08 Å². The first-order chi connectivity index (χ1) is 6.72. The van der Waals surface area contributed by atoms with Gasteiger partial charge in [-0.2, -0.15) is 0 Å². The van der Waals surface area contributed by atoms with Crippen molar-refractivity contribution in [3.05, 3.63) is 40.4 Å². The molecular weight excluding hydrogens is 242 g/mol. The van der Waals surface area contributed by atoms with Crippen LogP contribution in [0.1, 0.15) is 12.5 Å². The summed E-state index contributed by atoms with van der Waals surface area (Å²) in [5.41, 5.74) is 1.01. The van der Waals surface area contributed by atoms with Gasteiger partial charge in [0.25, 0.3) is 0 Å². The summed E-state index contributed by atoms with van der Waals surface area (Å²) in [4.78, 5) is 11.1. The van der Waals surface area contributed by atoms with Gasteiger partial charge in [0.2, 0.25) is 5.91 Å². The lowest BCUT2D eigenvalue weighted by molar-refractivity contribution is -0.116. The van der Waals surface area contributed by atoms with Crippen LogP contribution in [0.5, 0.6) is 0 Å². The highest BCUT2D eigenvalue weighted by atomic mass is 79.9. The number of hydrogen-bond acceptors (Lipinski definition) is 1. The molecule has 0 aliphatic carbocycles. The third kappa shape index (κ3) is 3.75. The third-order valence-corrected chi connectivity index (χ3v) is 2.12. The Morgan fingerprint density at radius 2 is 2.36 bits per heavy atom. The predicted molar refractivity (Wildman–Crippen MR) is 61.9 cm³/mol. The molecule has 14 heavy (non-hydrogen) atoms. The Morgan fingerprint density at radius 1 is 1.57 bits per heavy atom. The molecule has 0 spiro atoms. The number of rotatable bonds is 3. The normalized spacial score (nSPS) is 10.4. The number of halogens is 1. The SMILES string of the molecule is CCNC(=O)/C=C\c1cccc(Br)c1. The second kappa shape index (κ2) is 5.60. The fraction of sp³-hybridized carbons (Fsp3) is 0.182. The Bertz CT molecular complexity index is 347. The molecule has 0 saturated heterocycles.